The summed E-state index contributed by atoms with van der Waals surface area (Å²) in [7, 11) is 0. The van der Waals surface area contributed by atoms with Gasteiger partial charge in [-0.2, -0.15) is 10.5 Å². The summed E-state index contributed by atoms with van der Waals surface area (Å²) in [5.41, 5.74) is 0.994. The lowest BCUT2D eigenvalue weighted by Crippen LogP contribution is -2.07. The Morgan fingerprint density at radius 1 is 1.21 bits per heavy atom. The molecule has 2 rings (SSSR count). The standard InChI is InChI=1S/C15H14N4/c16-9-5-4-8-14(12-17)19-11-10-18-15(19)13-6-2-1-3-7-13/h1-3,6-7,10-11,14H,4-5,8H2. The number of hydrogen-bond acceptors (Lipinski definition) is 3. The van der Waals surface area contributed by atoms with E-state index in [2.05, 4.69) is 17.1 Å². The summed E-state index contributed by atoms with van der Waals surface area (Å²) in [5.74, 6) is 0.795. The van der Waals surface area contributed by atoms with Crippen LogP contribution in [0.4, 0.5) is 0 Å². The fraction of sp³-hybridized carbons (Fsp3) is 0.267. The molecule has 0 fully saturated rings. The molecule has 0 saturated heterocycles. The summed E-state index contributed by atoms with van der Waals surface area (Å²) < 4.78 is 1.88. The Kier molecular flexibility index (Phi) is 4.31. The van der Waals surface area contributed by atoms with Gasteiger partial charge in [-0.3, -0.25) is 0 Å². The van der Waals surface area contributed by atoms with Crippen molar-refractivity contribution < 1.29 is 0 Å². The fourth-order valence-electron chi connectivity index (χ4n) is 2.02. The first-order chi connectivity index (χ1) is 9.36. The van der Waals surface area contributed by atoms with Crippen molar-refractivity contribution in [3.05, 3.63) is 42.7 Å². The highest BCUT2D eigenvalue weighted by Crippen LogP contribution is 2.23. The second-order valence-corrected chi connectivity index (χ2v) is 4.22. The summed E-state index contributed by atoms with van der Waals surface area (Å²) >= 11 is 0. The van der Waals surface area contributed by atoms with Gasteiger partial charge >= 0.3 is 0 Å². The van der Waals surface area contributed by atoms with Gasteiger partial charge in [-0.1, -0.05) is 30.3 Å². The van der Waals surface area contributed by atoms with Gasteiger partial charge in [0.1, 0.15) is 11.9 Å². The first-order valence-corrected chi connectivity index (χ1v) is 6.21. The molecule has 19 heavy (non-hydrogen) atoms. The third-order valence-corrected chi connectivity index (χ3v) is 2.95. The van der Waals surface area contributed by atoms with Crippen molar-refractivity contribution in [2.24, 2.45) is 0 Å². The summed E-state index contributed by atoms with van der Waals surface area (Å²) in [6.45, 7) is 0. The van der Waals surface area contributed by atoms with Gasteiger partial charge in [0, 0.05) is 24.4 Å². The molecule has 0 radical (unpaired) electrons. The minimum absolute atomic E-state index is 0.272. The molecule has 0 saturated carbocycles. The molecule has 0 spiro atoms. The first kappa shape index (κ1) is 12.9. The van der Waals surface area contributed by atoms with Crippen LogP contribution in [0.15, 0.2) is 42.7 Å². The average Bonchev–Trinajstić information content (AvgIpc) is 2.94. The third-order valence-electron chi connectivity index (χ3n) is 2.95. The average molecular weight is 250 g/mol. The molecular weight excluding hydrogens is 236 g/mol. The quantitative estimate of drug-likeness (QED) is 0.764. The van der Waals surface area contributed by atoms with Crippen LogP contribution in [-0.4, -0.2) is 9.55 Å². The highest BCUT2D eigenvalue weighted by atomic mass is 15.1. The maximum atomic E-state index is 9.29. The van der Waals surface area contributed by atoms with Crippen LogP contribution in [0.2, 0.25) is 0 Å². The Morgan fingerprint density at radius 3 is 2.68 bits per heavy atom. The van der Waals surface area contributed by atoms with E-state index in [-0.39, 0.29) is 6.04 Å². The van der Waals surface area contributed by atoms with E-state index in [9.17, 15) is 5.26 Å². The number of benzene rings is 1. The van der Waals surface area contributed by atoms with Gasteiger partial charge in [0.25, 0.3) is 0 Å². The Labute approximate surface area is 112 Å². The zero-order valence-electron chi connectivity index (χ0n) is 10.5. The molecule has 0 aliphatic carbocycles. The predicted octanol–water partition coefficient (Wildman–Crippen LogP) is 3.31. The number of hydrogen-bond donors (Lipinski definition) is 0. The van der Waals surface area contributed by atoms with Crippen LogP contribution in [0.5, 0.6) is 0 Å². The number of aromatic nitrogens is 2. The number of nitrogens with zero attached hydrogens (tertiary/aromatic N) is 4. The normalized spacial score (nSPS) is 11.5. The van der Waals surface area contributed by atoms with E-state index in [1.54, 1.807) is 6.20 Å². The van der Waals surface area contributed by atoms with Crippen LogP contribution in [0.1, 0.15) is 25.3 Å². The van der Waals surface area contributed by atoms with Crippen molar-refractivity contribution in [2.45, 2.75) is 25.3 Å². The minimum atomic E-state index is -0.272. The highest BCUT2D eigenvalue weighted by Gasteiger charge is 2.14. The highest BCUT2D eigenvalue weighted by molar-refractivity contribution is 5.55. The monoisotopic (exact) mass is 250 g/mol. The molecular formula is C15H14N4. The third kappa shape index (κ3) is 3.00. The molecule has 94 valence electrons. The van der Waals surface area contributed by atoms with Crippen molar-refractivity contribution in [2.75, 3.05) is 0 Å². The van der Waals surface area contributed by atoms with Gasteiger partial charge in [-0.25, -0.2) is 4.98 Å². The van der Waals surface area contributed by atoms with Gasteiger partial charge in [-0.05, 0) is 12.8 Å². The number of imidazole rings is 1. The van der Waals surface area contributed by atoms with E-state index < -0.39 is 0 Å². The SMILES string of the molecule is N#CCCCC(C#N)n1ccnc1-c1ccccc1. The lowest BCUT2D eigenvalue weighted by Gasteiger charge is -2.13. The Morgan fingerprint density at radius 2 is 2.00 bits per heavy atom. The summed E-state index contributed by atoms with van der Waals surface area (Å²) in [5, 5.41) is 17.8. The molecule has 1 unspecified atom stereocenters. The van der Waals surface area contributed by atoms with Gasteiger partial charge in [0.05, 0.1) is 12.1 Å². The van der Waals surface area contributed by atoms with Gasteiger partial charge in [0.15, 0.2) is 0 Å². The maximum absolute atomic E-state index is 9.29. The molecule has 0 N–H and O–H groups in total. The van der Waals surface area contributed by atoms with Gasteiger partial charge in [0.2, 0.25) is 0 Å². The molecule has 0 aliphatic heterocycles. The number of unbranched alkanes of at least 4 members (excludes halogenated alkanes) is 1. The van der Waals surface area contributed by atoms with Crippen molar-refractivity contribution >= 4 is 0 Å². The second-order valence-electron chi connectivity index (χ2n) is 4.22. The Hall–Kier alpha value is -2.59. The molecule has 1 aromatic heterocycles. The van der Waals surface area contributed by atoms with Crippen molar-refractivity contribution in [1.82, 2.24) is 9.55 Å². The van der Waals surface area contributed by atoms with Crippen LogP contribution in [-0.2, 0) is 0 Å². The fourth-order valence-corrected chi connectivity index (χ4v) is 2.02. The summed E-state index contributed by atoms with van der Waals surface area (Å²) in [6.07, 6.45) is 5.40. The number of nitriles is 2. The second kappa shape index (κ2) is 6.37. The Balaban J connectivity index is 2.24. The molecule has 0 amide bonds. The topological polar surface area (TPSA) is 65.4 Å². The van der Waals surface area contributed by atoms with Crippen LogP contribution >= 0.6 is 0 Å². The van der Waals surface area contributed by atoms with Crippen molar-refractivity contribution in [3.63, 3.8) is 0 Å². The van der Waals surface area contributed by atoms with Crippen LogP contribution in [0.25, 0.3) is 11.4 Å². The molecule has 1 heterocycles. The van der Waals surface area contributed by atoms with E-state index in [1.165, 1.54) is 0 Å². The van der Waals surface area contributed by atoms with Gasteiger partial charge in [-0.15, -0.1) is 0 Å². The van der Waals surface area contributed by atoms with Crippen molar-refractivity contribution in [3.8, 4) is 23.5 Å². The molecule has 4 heteroatoms. The zero-order chi connectivity index (χ0) is 13.5. The number of rotatable bonds is 5. The molecule has 0 bridgehead atoms. The molecule has 4 nitrogen and oxygen atoms in total. The summed E-state index contributed by atoms with van der Waals surface area (Å²) in [4.78, 5) is 4.33. The lowest BCUT2D eigenvalue weighted by molar-refractivity contribution is 0.553. The smallest absolute Gasteiger partial charge is 0.141 e. The van der Waals surface area contributed by atoms with Crippen LogP contribution in [0.3, 0.4) is 0 Å². The van der Waals surface area contributed by atoms with Crippen LogP contribution < -0.4 is 0 Å². The molecule has 2 aromatic rings. The van der Waals surface area contributed by atoms with E-state index in [0.29, 0.717) is 12.8 Å². The van der Waals surface area contributed by atoms with E-state index in [4.69, 9.17) is 5.26 Å². The largest absolute Gasteiger partial charge is 0.314 e. The van der Waals surface area contributed by atoms with Gasteiger partial charge < -0.3 is 4.57 Å². The minimum Gasteiger partial charge on any atom is -0.314 e. The molecule has 1 aromatic carbocycles. The first-order valence-electron chi connectivity index (χ1n) is 6.21. The van der Waals surface area contributed by atoms with Crippen LogP contribution in [0, 0.1) is 22.7 Å². The van der Waals surface area contributed by atoms with E-state index >= 15 is 0 Å². The van der Waals surface area contributed by atoms with E-state index in [0.717, 1.165) is 17.8 Å². The predicted molar refractivity (Wildman–Crippen MR) is 71.8 cm³/mol. The lowest BCUT2D eigenvalue weighted by atomic mass is 10.1. The van der Waals surface area contributed by atoms with Crippen molar-refractivity contribution in [1.29, 1.82) is 10.5 Å². The summed E-state index contributed by atoms with van der Waals surface area (Å²) in [6, 6.07) is 13.9. The molecule has 0 aliphatic rings. The zero-order valence-corrected chi connectivity index (χ0v) is 10.5. The molecule has 1 atom stereocenters. The maximum Gasteiger partial charge on any atom is 0.141 e. The van der Waals surface area contributed by atoms with E-state index in [1.807, 2.05) is 41.1 Å². The Bertz CT molecular complexity index is 601.